The van der Waals surface area contributed by atoms with Crippen LogP contribution in [0.15, 0.2) is 12.1 Å². The highest BCUT2D eigenvalue weighted by atomic mass is 32.2. The zero-order valence-electron chi connectivity index (χ0n) is 13.3. The molecule has 1 aromatic carbocycles. The van der Waals surface area contributed by atoms with E-state index in [1.165, 1.54) is 24.4 Å². The summed E-state index contributed by atoms with van der Waals surface area (Å²) in [5.74, 6) is 0.0256. The van der Waals surface area contributed by atoms with Crippen molar-refractivity contribution in [3.05, 3.63) is 28.8 Å². The van der Waals surface area contributed by atoms with Crippen LogP contribution in [-0.2, 0) is 14.3 Å². The number of carbonyl (C=O) groups is 2. The Kier molecular flexibility index (Phi) is 6.75. The summed E-state index contributed by atoms with van der Waals surface area (Å²) in [6.45, 7) is 7.93. The van der Waals surface area contributed by atoms with E-state index in [1.807, 2.05) is 27.7 Å². The highest BCUT2D eigenvalue weighted by Crippen LogP contribution is 2.22. The van der Waals surface area contributed by atoms with E-state index in [9.17, 15) is 9.59 Å². The average molecular weight is 309 g/mol. The minimum atomic E-state index is -0.249. The van der Waals surface area contributed by atoms with Gasteiger partial charge in [-0.25, -0.2) is 0 Å². The summed E-state index contributed by atoms with van der Waals surface area (Å²) >= 11 is 1.45. The molecule has 0 aliphatic carbocycles. The topological polar surface area (TPSA) is 55.4 Å². The van der Waals surface area contributed by atoms with E-state index in [0.29, 0.717) is 12.2 Å². The van der Waals surface area contributed by atoms with Gasteiger partial charge in [-0.1, -0.05) is 24.6 Å². The average Bonchev–Trinajstić information content (AvgIpc) is 2.40. The number of ether oxygens (including phenoxy) is 1. The minimum Gasteiger partial charge on any atom is -0.469 e. The van der Waals surface area contributed by atoms with E-state index in [2.05, 4.69) is 22.2 Å². The van der Waals surface area contributed by atoms with E-state index in [4.69, 9.17) is 0 Å². The van der Waals surface area contributed by atoms with E-state index < -0.39 is 0 Å². The molecular formula is C16H23NO3S. The van der Waals surface area contributed by atoms with Crippen LogP contribution in [0.2, 0.25) is 0 Å². The quantitative estimate of drug-likeness (QED) is 0.820. The predicted octanol–water partition coefficient (Wildman–Crippen LogP) is 3.24. The Hall–Kier alpha value is -1.49. The van der Waals surface area contributed by atoms with Gasteiger partial charge in [0.05, 0.1) is 19.3 Å². The maximum atomic E-state index is 12.0. The molecule has 1 atom stereocenters. The molecule has 4 nitrogen and oxygen atoms in total. The number of hydrogen-bond acceptors (Lipinski definition) is 4. The van der Waals surface area contributed by atoms with Gasteiger partial charge in [-0.05, 0) is 31.9 Å². The smallest absolute Gasteiger partial charge is 0.306 e. The Morgan fingerprint density at radius 3 is 2.33 bits per heavy atom. The number of aryl methyl sites for hydroxylation is 3. The highest BCUT2D eigenvalue weighted by molar-refractivity contribution is 8.00. The molecule has 1 unspecified atom stereocenters. The normalized spacial score (nSPS) is 11.9. The number of esters is 1. The number of amides is 1. The molecule has 1 amide bonds. The van der Waals surface area contributed by atoms with Gasteiger partial charge < -0.3 is 10.1 Å². The Balaban J connectivity index is 2.53. The number of carbonyl (C=O) groups excluding carboxylic acids is 2. The second-order valence-corrected chi connectivity index (χ2v) is 6.65. The third-order valence-corrected chi connectivity index (χ3v) is 4.29. The molecule has 0 aliphatic heterocycles. The Labute approximate surface area is 130 Å². The van der Waals surface area contributed by atoms with E-state index in [0.717, 1.165) is 16.8 Å². The largest absolute Gasteiger partial charge is 0.469 e. The second-order valence-electron chi connectivity index (χ2n) is 5.22. The lowest BCUT2D eigenvalue weighted by atomic mass is 10.1. The van der Waals surface area contributed by atoms with Gasteiger partial charge in [0.2, 0.25) is 5.91 Å². The third-order valence-electron chi connectivity index (χ3n) is 3.12. The summed E-state index contributed by atoms with van der Waals surface area (Å²) in [5, 5.41) is 3.01. The van der Waals surface area contributed by atoms with Crippen molar-refractivity contribution in [3.8, 4) is 0 Å². The van der Waals surface area contributed by atoms with Gasteiger partial charge in [0.15, 0.2) is 0 Å². The van der Waals surface area contributed by atoms with Crippen molar-refractivity contribution in [2.24, 2.45) is 0 Å². The fourth-order valence-electron chi connectivity index (χ4n) is 2.15. The first-order valence-corrected chi connectivity index (χ1v) is 7.94. The number of anilines is 1. The fourth-order valence-corrected chi connectivity index (χ4v) is 2.91. The zero-order valence-corrected chi connectivity index (χ0v) is 14.1. The number of thioether (sulfide) groups is 1. The van der Waals surface area contributed by atoms with Gasteiger partial charge >= 0.3 is 5.97 Å². The molecule has 1 rings (SSSR count). The van der Waals surface area contributed by atoms with Gasteiger partial charge in [0.1, 0.15) is 0 Å². The van der Waals surface area contributed by atoms with Gasteiger partial charge in [0.25, 0.3) is 0 Å². The van der Waals surface area contributed by atoms with Crippen LogP contribution in [0.5, 0.6) is 0 Å². The van der Waals surface area contributed by atoms with Crippen molar-refractivity contribution >= 4 is 29.3 Å². The second kappa shape index (κ2) is 8.08. The number of hydrogen-bond donors (Lipinski definition) is 1. The monoisotopic (exact) mass is 309 g/mol. The maximum absolute atomic E-state index is 12.0. The lowest BCUT2D eigenvalue weighted by Gasteiger charge is -2.14. The number of methoxy groups -OCH3 is 1. The van der Waals surface area contributed by atoms with Crippen molar-refractivity contribution in [3.63, 3.8) is 0 Å². The first-order valence-electron chi connectivity index (χ1n) is 6.89. The van der Waals surface area contributed by atoms with Crippen molar-refractivity contribution < 1.29 is 14.3 Å². The first kappa shape index (κ1) is 17.6. The van der Waals surface area contributed by atoms with Crippen LogP contribution < -0.4 is 5.32 Å². The molecule has 0 heterocycles. The van der Waals surface area contributed by atoms with Crippen molar-refractivity contribution in [2.45, 2.75) is 39.4 Å². The summed E-state index contributed by atoms with van der Waals surface area (Å²) in [5.41, 5.74) is 4.19. The predicted molar refractivity (Wildman–Crippen MR) is 87.8 cm³/mol. The summed E-state index contributed by atoms with van der Waals surface area (Å²) in [7, 11) is 1.37. The van der Waals surface area contributed by atoms with E-state index in [1.54, 1.807) is 0 Å². The summed E-state index contributed by atoms with van der Waals surface area (Å²) in [6, 6.07) is 4.10. The molecule has 0 spiro atoms. The van der Waals surface area contributed by atoms with Crippen LogP contribution >= 0.6 is 11.8 Å². The number of nitrogens with one attached hydrogen (secondary N) is 1. The third kappa shape index (κ3) is 5.79. The van der Waals surface area contributed by atoms with Gasteiger partial charge in [-0.2, -0.15) is 0 Å². The zero-order chi connectivity index (χ0) is 16.0. The van der Waals surface area contributed by atoms with Crippen molar-refractivity contribution in [1.82, 2.24) is 0 Å². The maximum Gasteiger partial charge on any atom is 0.306 e. The van der Waals surface area contributed by atoms with Crippen LogP contribution in [0.4, 0.5) is 5.69 Å². The lowest BCUT2D eigenvalue weighted by Crippen LogP contribution is -2.18. The van der Waals surface area contributed by atoms with E-state index in [-0.39, 0.29) is 17.1 Å². The molecule has 0 saturated carbocycles. The van der Waals surface area contributed by atoms with Crippen molar-refractivity contribution in [1.29, 1.82) is 0 Å². The molecule has 1 aromatic rings. The van der Waals surface area contributed by atoms with Crippen LogP contribution in [0.3, 0.4) is 0 Å². The Morgan fingerprint density at radius 1 is 1.24 bits per heavy atom. The molecular weight excluding hydrogens is 286 g/mol. The SMILES string of the molecule is COC(=O)CC(C)SCC(=O)Nc1c(C)cc(C)cc1C. The van der Waals surface area contributed by atoms with Crippen LogP contribution in [0, 0.1) is 20.8 Å². The molecule has 0 aliphatic rings. The standard InChI is InChI=1S/C16H23NO3S/c1-10-6-11(2)16(12(3)7-10)17-14(18)9-21-13(4)8-15(19)20-5/h6-7,13H,8-9H2,1-5H3,(H,17,18). The summed E-state index contributed by atoms with van der Waals surface area (Å²) < 4.78 is 4.61. The Morgan fingerprint density at radius 2 is 1.81 bits per heavy atom. The molecule has 0 radical (unpaired) electrons. The van der Waals surface area contributed by atoms with Gasteiger partial charge in [0, 0.05) is 10.9 Å². The minimum absolute atomic E-state index is 0.0493. The first-order chi connectivity index (χ1) is 9.83. The fraction of sp³-hybridized carbons (Fsp3) is 0.500. The van der Waals surface area contributed by atoms with Gasteiger partial charge in [-0.3, -0.25) is 9.59 Å². The summed E-state index contributed by atoms with van der Waals surface area (Å²) in [6.07, 6.45) is 0.317. The highest BCUT2D eigenvalue weighted by Gasteiger charge is 2.13. The lowest BCUT2D eigenvalue weighted by molar-refractivity contribution is -0.140. The molecule has 0 bridgehead atoms. The van der Waals surface area contributed by atoms with Crippen LogP contribution in [0.25, 0.3) is 0 Å². The van der Waals surface area contributed by atoms with Crippen LogP contribution in [0.1, 0.15) is 30.0 Å². The Bertz CT molecular complexity index is 505. The molecule has 1 N–H and O–H groups in total. The molecule has 21 heavy (non-hydrogen) atoms. The molecule has 0 saturated heterocycles. The molecule has 0 fully saturated rings. The van der Waals surface area contributed by atoms with Crippen molar-refractivity contribution in [2.75, 3.05) is 18.2 Å². The van der Waals surface area contributed by atoms with Crippen LogP contribution in [-0.4, -0.2) is 30.0 Å². The summed E-state index contributed by atoms with van der Waals surface area (Å²) in [4.78, 5) is 23.2. The molecule has 116 valence electrons. The number of benzene rings is 1. The van der Waals surface area contributed by atoms with Gasteiger partial charge in [-0.15, -0.1) is 11.8 Å². The van der Waals surface area contributed by atoms with E-state index >= 15 is 0 Å². The molecule has 0 aromatic heterocycles. The molecule has 5 heteroatoms. The number of rotatable bonds is 6.